The van der Waals surface area contributed by atoms with E-state index in [4.69, 9.17) is 0 Å². The largest absolute Gasteiger partial charge is 0.312 e. The van der Waals surface area contributed by atoms with Gasteiger partial charge in [-0.3, -0.25) is 4.57 Å². The fraction of sp³-hybridized carbons (Fsp3) is 0.533. The number of hydrogen-bond acceptors (Lipinski definition) is 4. The number of nitrogens with zero attached hydrogens (tertiary/aromatic N) is 4. The van der Waals surface area contributed by atoms with E-state index in [0.29, 0.717) is 11.9 Å². The van der Waals surface area contributed by atoms with Gasteiger partial charge in [0.1, 0.15) is 5.82 Å². The summed E-state index contributed by atoms with van der Waals surface area (Å²) in [4.78, 5) is 13.4. The van der Waals surface area contributed by atoms with E-state index in [-0.39, 0.29) is 0 Å². The smallest absolute Gasteiger partial charge is 0.235 e. The Hall–Kier alpha value is -1.75. The van der Waals surface area contributed by atoms with Gasteiger partial charge in [0.15, 0.2) is 0 Å². The molecule has 0 unspecified atom stereocenters. The highest BCUT2D eigenvalue weighted by molar-refractivity contribution is 5.23. The molecular weight excluding hydrogens is 250 g/mol. The zero-order valence-corrected chi connectivity index (χ0v) is 12.7. The average Bonchev–Trinajstić information content (AvgIpc) is 2.88. The quantitative estimate of drug-likeness (QED) is 0.877. The van der Waals surface area contributed by atoms with E-state index in [1.807, 2.05) is 23.9 Å². The van der Waals surface area contributed by atoms with Crippen molar-refractivity contribution in [2.45, 2.75) is 40.7 Å². The zero-order valence-electron chi connectivity index (χ0n) is 12.7. The molecule has 0 aliphatic rings. The summed E-state index contributed by atoms with van der Waals surface area (Å²) in [5.74, 6) is 2.33. The summed E-state index contributed by atoms with van der Waals surface area (Å²) in [5.41, 5.74) is 2.16. The summed E-state index contributed by atoms with van der Waals surface area (Å²) in [7, 11) is 0. The van der Waals surface area contributed by atoms with Gasteiger partial charge in [-0.15, -0.1) is 0 Å². The van der Waals surface area contributed by atoms with Crippen LogP contribution >= 0.6 is 0 Å². The number of nitrogens with one attached hydrogen (secondary N) is 1. The van der Waals surface area contributed by atoms with Gasteiger partial charge in [0.2, 0.25) is 5.95 Å². The molecule has 5 nitrogen and oxygen atoms in total. The van der Waals surface area contributed by atoms with Crippen molar-refractivity contribution in [3.63, 3.8) is 0 Å². The first-order valence-electron chi connectivity index (χ1n) is 7.17. The number of aromatic nitrogens is 4. The molecule has 0 saturated carbocycles. The maximum absolute atomic E-state index is 4.59. The number of rotatable bonds is 6. The summed E-state index contributed by atoms with van der Waals surface area (Å²) in [6, 6.07) is 0. The van der Waals surface area contributed by atoms with Crippen LogP contribution in [-0.4, -0.2) is 26.1 Å². The van der Waals surface area contributed by atoms with Crippen LogP contribution in [0.1, 0.15) is 37.9 Å². The highest BCUT2D eigenvalue weighted by Gasteiger charge is 2.08. The monoisotopic (exact) mass is 273 g/mol. The van der Waals surface area contributed by atoms with Gasteiger partial charge >= 0.3 is 0 Å². The second kappa shape index (κ2) is 6.61. The standard InChI is InChI=1S/C15H23N5/c1-5-14-17-6-7-20(14)15-18-10-13(12(4)19-15)9-16-8-11(2)3/h6-7,10-11,16H,5,8-9H2,1-4H3. The van der Waals surface area contributed by atoms with Crippen LogP contribution in [0.2, 0.25) is 0 Å². The van der Waals surface area contributed by atoms with Crippen molar-refractivity contribution < 1.29 is 0 Å². The highest BCUT2D eigenvalue weighted by atomic mass is 15.2. The Morgan fingerprint density at radius 3 is 2.75 bits per heavy atom. The van der Waals surface area contributed by atoms with Crippen LogP contribution in [0.25, 0.3) is 5.95 Å². The van der Waals surface area contributed by atoms with E-state index in [1.165, 1.54) is 0 Å². The summed E-state index contributed by atoms with van der Waals surface area (Å²) in [6.07, 6.45) is 6.47. The third-order valence-corrected chi connectivity index (χ3v) is 3.19. The van der Waals surface area contributed by atoms with Gasteiger partial charge in [0, 0.05) is 42.8 Å². The summed E-state index contributed by atoms with van der Waals surface area (Å²) < 4.78 is 1.94. The lowest BCUT2D eigenvalue weighted by atomic mass is 10.2. The topological polar surface area (TPSA) is 55.6 Å². The van der Waals surface area contributed by atoms with Crippen LogP contribution in [0.4, 0.5) is 0 Å². The van der Waals surface area contributed by atoms with Crippen LogP contribution in [0.5, 0.6) is 0 Å². The Balaban J connectivity index is 2.13. The van der Waals surface area contributed by atoms with Crippen LogP contribution in [0.3, 0.4) is 0 Å². The van der Waals surface area contributed by atoms with E-state index >= 15 is 0 Å². The molecule has 0 aliphatic carbocycles. The Morgan fingerprint density at radius 2 is 2.10 bits per heavy atom. The normalized spacial score (nSPS) is 11.2. The molecule has 1 N–H and O–H groups in total. The fourth-order valence-electron chi connectivity index (χ4n) is 2.04. The van der Waals surface area contributed by atoms with Crippen molar-refractivity contribution in [1.29, 1.82) is 0 Å². The molecule has 0 aromatic carbocycles. The van der Waals surface area contributed by atoms with Gasteiger partial charge in [-0.25, -0.2) is 15.0 Å². The first-order valence-corrected chi connectivity index (χ1v) is 7.17. The van der Waals surface area contributed by atoms with Crippen LogP contribution < -0.4 is 5.32 Å². The van der Waals surface area contributed by atoms with E-state index in [2.05, 4.69) is 41.0 Å². The maximum Gasteiger partial charge on any atom is 0.235 e. The SMILES string of the molecule is CCc1nccn1-c1ncc(CNCC(C)C)c(C)n1. The van der Waals surface area contributed by atoms with Crippen molar-refractivity contribution in [3.8, 4) is 5.95 Å². The molecule has 2 heterocycles. The first-order chi connectivity index (χ1) is 9.61. The molecule has 0 fully saturated rings. The van der Waals surface area contributed by atoms with E-state index in [0.717, 1.165) is 36.6 Å². The maximum atomic E-state index is 4.59. The van der Waals surface area contributed by atoms with E-state index < -0.39 is 0 Å². The van der Waals surface area contributed by atoms with Crippen LogP contribution in [0, 0.1) is 12.8 Å². The molecular formula is C15H23N5. The van der Waals surface area contributed by atoms with Crippen LogP contribution in [-0.2, 0) is 13.0 Å². The molecule has 0 spiro atoms. The minimum atomic E-state index is 0.647. The molecule has 108 valence electrons. The Bertz CT molecular complexity index is 559. The average molecular weight is 273 g/mol. The molecule has 0 amide bonds. The van der Waals surface area contributed by atoms with Gasteiger partial charge in [-0.2, -0.15) is 0 Å². The third-order valence-electron chi connectivity index (χ3n) is 3.19. The summed E-state index contributed by atoms with van der Waals surface area (Å²) in [6.45, 7) is 10.3. The van der Waals surface area contributed by atoms with Gasteiger partial charge < -0.3 is 5.32 Å². The second-order valence-corrected chi connectivity index (χ2v) is 5.37. The number of hydrogen-bond donors (Lipinski definition) is 1. The van der Waals surface area contributed by atoms with E-state index in [9.17, 15) is 0 Å². The molecule has 20 heavy (non-hydrogen) atoms. The lowest BCUT2D eigenvalue weighted by Crippen LogP contribution is -2.20. The molecule has 0 aliphatic heterocycles. The third kappa shape index (κ3) is 3.42. The van der Waals surface area contributed by atoms with Crippen molar-refractivity contribution in [3.05, 3.63) is 35.7 Å². The molecule has 0 saturated heterocycles. The Morgan fingerprint density at radius 1 is 1.30 bits per heavy atom. The van der Waals surface area contributed by atoms with Gasteiger partial charge in [-0.1, -0.05) is 20.8 Å². The predicted molar refractivity (Wildman–Crippen MR) is 79.8 cm³/mol. The molecule has 0 atom stereocenters. The lowest BCUT2D eigenvalue weighted by molar-refractivity contribution is 0.550. The summed E-state index contributed by atoms with van der Waals surface area (Å²) >= 11 is 0. The molecule has 2 aromatic rings. The van der Waals surface area contributed by atoms with Crippen molar-refractivity contribution >= 4 is 0 Å². The Labute approximate surface area is 120 Å². The van der Waals surface area contributed by atoms with Crippen molar-refractivity contribution in [2.24, 2.45) is 5.92 Å². The number of imidazole rings is 1. The highest BCUT2D eigenvalue weighted by Crippen LogP contribution is 2.10. The molecule has 2 aromatic heterocycles. The van der Waals surface area contributed by atoms with E-state index in [1.54, 1.807) is 6.20 Å². The molecule has 0 radical (unpaired) electrons. The number of aryl methyl sites for hydroxylation is 2. The van der Waals surface area contributed by atoms with Crippen LogP contribution in [0.15, 0.2) is 18.6 Å². The minimum absolute atomic E-state index is 0.647. The fourth-order valence-corrected chi connectivity index (χ4v) is 2.04. The van der Waals surface area contributed by atoms with Gasteiger partial charge in [-0.05, 0) is 19.4 Å². The predicted octanol–water partition coefficient (Wildman–Crippen LogP) is 2.28. The lowest BCUT2D eigenvalue weighted by Gasteiger charge is -2.11. The molecule has 0 bridgehead atoms. The molecule has 2 rings (SSSR count). The minimum Gasteiger partial charge on any atom is -0.312 e. The van der Waals surface area contributed by atoms with Crippen molar-refractivity contribution in [2.75, 3.05) is 6.54 Å². The summed E-state index contributed by atoms with van der Waals surface area (Å²) in [5, 5.41) is 3.42. The van der Waals surface area contributed by atoms with Gasteiger partial charge in [0.25, 0.3) is 0 Å². The van der Waals surface area contributed by atoms with Gasteiger partial charge in [0.05, 0.1) is 0 Å². The molecule has 5 heteroatoms. The zero-order chi connectivity index (χ0) is 14.5. The Kier molecular flexibility index (Phi) is 4.84. The van der Waals surface area contributed by atoms with Crippen molar-refractivity contribution in [1.82, 2.24) is 24.8 Å². The second-order valence-electron chi connectivity index (χ2n) is 5.37. The first kappa shape index (κ1) is 14.7.